The van der Waals surface area contributed by atoms with E-state index in [4.69, 9.17) is 10.0 Å². The van der Waals surface area contributed by atoms with E-state index in [1.54, 1.807) is 6.07 Å². The Morgan fingerprint density at radius 2 is 1.91 bits per heavy atom. The van der Waals surface area contributed by atoms with Gasteiger partial charge in [0, 0.05) is 12.1 Å². The third-order valence-corrected chi connectivity index (χ3v) is 4.23. The number of para-hydroxylation sites is 1. The Hall–Kier alpha value is -1.80. The second-order valence-corrected chi connectivity index (χ2v) is 7.28. The first-order valence-electron chi connectivity index (χ1n) is 6.95. The van der Waals surface area contributed by atoms with E-state index in [2.05, 4.69) is 5.43 Å². The summed E-state index contributed by atoms with van der Waals surface area (Å²) in [5.41, 5.74) is 1.89. The van der Waals surface area contributed by atoms with E-state index in [1.807, 2.05) is 27.7 Å². The minimum absolute atomic E-state index is 0.160. The summed E-state index contributed by atoms with van der Waals surface area (Å²) in [4.78, 5) is 13.4. The summed E-state index contributed by atoms with van der Waals surface area (Å²) in [6, 6.07) is 5.94. The van der Waals surface area contributed by atoms with Crippen molar-refractivity contribution in [2.24, 2.45) is 5.84 Å². The monoisotopic (exact) mass is 329 g/mol. The Labute approximate surface area is 131 Å². The number of hydrogen-bond acceptors (Lipinski definition) is 6. The van der Waals surface area contributed by atoms with Gasteiger partial charge in [0.25, 0.3) is 0 Å². The molecule has 1 rings (SSSR count). The number of nitrogens with zero attached hydrogens (tertiary/aromatic N) is 1. The van der Waals surface area contributed by atoms with Gasteiger partial charge < -0.3 is 14.5 Å². The van der Waals surface area contributed by atoms with E-state index in [1.165, 1.54) is 23.1 Å². The second-order valence-electron chi connectivity index (χ2n) is 5.77. The van der Waals surface area contributed by atoms with Gasteiger partial charge in [0.2, 0.25) is 0 Å². The molecule has 7 nitrogen and oxygen atoms in total. The molecule has 0 radical (unpaired) electrons. The maximum Gasteiger partial charge on any atom is 0.426 e. The summed E-state index contributed by atoms with van der Waals surface area (Å²) >= 11 is 0. The zero-order valence-corrected chi connectivity index (χ0v) is 14.1. The highest BCUT2D eigenvalue weighted by atomic mass is 32.2. The molecule has 0 aliphatic rings. The van der Waals surface area contributed by atoms with Crippen molar-refractivity contribution < 1.29 is 17.4 Å². The van der Waals surface area contributed by atoms with E-state index in [-0.39, 0.29) is 10.6 Å². The molecule has 0 spiro atoms. The largest absolute Gasteiger partial charge is 0.426 e. The topological polar surface area (TPSA) is 102 Å². The van der Waals surface area contributed by atoms with Crippen LogP contribution in [0.4, 0.5) is 10.5 Å². The van der Waals surface area contributed by atoms with Crippen LogP contribution in [-0.4, -0.2) is 31.5 Å². The smallest absolute Gasteiger partial charge is 0.324 e. The van der Waals surface area contributed by atoms with Gasteiger partial charge in [-0.15, -0.1) is 0 Å². The van der Waals surface area contributed by atoms with Crippen LogP contribution in [0.15, 0.2) is 29.2 Å². The van der Waals surface area contributed by atoms with Crippen molar-refractivity contribution in [1.29, 1.82) is 0 Å². The van der Waals surface area contributed by atoms with Crippen molar-refractivity contribution in [2.75, 3.05) is 12.0 Å². The van der Waals surface area contributed by atoms with Crippen LogP contribution in [0.5, 0.6) is 0 Å². The van der Waals surface area contributed by atoms with Gasteiger partial charge in [0.15, 0.2) is 0 Å². The number of carbonyl (C=O) groups excluding carboxylic acids is 1. The third-order valence-electron chi connectivity index (χ3n) is 2.97. The molecule has 1 amide bonds. The molecule has 0 unspecified atom stereocenters. The van der Waals surface area contributed by atoms with Crippen LogP contribution < -0.4 is 11.3 Å². The van der Waals surface area contributed by atoms with Crippen LogP contribution in [0, 0.1) is 0 Å². The average molecular weight is 329 g/mol. The van der Waals surface area contributed by atoms with Gasteiger partial charge in [-0.1, -0.05) is 19.1 Å². The number of nitrogens with one attached hydrogen (secondary N) is 1. The lowest BCUT2D eigenvalue weighted by Crippen LogP contribution is -2.46. The quantitative estimate of drug-likeness (QED) is 0.488. The normalized spacial score (nSPS) is 11.9. The van der Waals surface area contributed by atoms with E-state index in [9.17, 15) is 13.2 Å². The average Bonchev–Trinajstić information content (AvgIpc) is 2.42. The molecule has 3 N–H and O–H groups in total. The Morgan fingerprint density at radius 3 is 2.41 bits per heavy atom. The number of hydrogen-bond donors (Lipinski definition) is 2. The summed E-state index contributed by atoms with van der Waals surface area (Å²) < 4.78 is 29.4. The lowest BCUT2D eigenvalue weighted by Gasteiger charge is -2.34. The van der Waals surface area contributed by atoms with Crippen LogP contribution in [0.1, 0.15) is 34.1 Å². The molecule has 0 saturated heterocycles. The molecule has 0 heterocycles. The highest BCUT2D eigenvalue weighted by Gasteiger charge is 2.32. The number of hydrazine groups is 1. The number of nitrogen functional groups attached to an aromatic ring is 1. The first kappa shape index (κ1) is 18.2. The van der Waals surface area contributed by atoms with Gasteiger partial charge >= 0.3 is 16.2 Å². The number of carbonyl (C=O) groups is 1. The maximum atomic E-state index is 12.3. The van der Waals surface area contributed by atoms with E-state index in [0.29, 0.717) is 13.0 Å². The van der Waals surface area contributed by atoms with Crippen LogP contribution in [-0.2, 0) is 14.3 Å². The summed E-state index contributed by atoms with van der Waals surface area (Å²) in [6.45, 7) is 7.73. The van der Waals surface area contributed by atoms with Gasteiger partial charge in [0.05, 0.1) is 5.69 Å². The van der Waals surface area contributed by atoms with Gasteiger partial charge in [-0.3, -0.25) is 5.84 Å². The fraction of sp³-hybridized carbons (Fsp3) is 0.500. The SMILES string of the molecule is CCCN(C(=O)OS(=O)(=O)c1ccccc1NN)C(C)(C)C. The summed E-state index contributed by atoms with van der Waals surface area (Å²) in [5.74, 6) is 5.29. The summed E-state index contributed by atoms with van der Waals surface area (Å²) in [5, 5.41) is 0. The van der Waals surface area contributed by atoms with Crippen molar-refractivity contribution >= 4 is 21.9 Å². The molecule has 0 aromatic heterocycles. The van der Waals surface area contributed by atoms with Gasteiger partial charge in [0.1, 0.15) is 4.90 Å². The molecule has 0 bridgehead atoms. The molecule has 1 aromatic carbocycles. The Balaban J connectivity index is 3.08. The molecule has 124 valence electrons. The molecular formula is C14H23N3O4S. The zero-order chi connectivity index (χ0) is 17.0. The van der Waals surface area contributed by atoms with Crippen molar-refractivity contribution in [3.05, 3.63) is 24.3 Å². The van der Waals surface area contributed by atoms with Crippen LogP contribution >= 0.6 is 0 Å². The third kappa shape index (κ3) is 4.35. The van der Waals surface area contributed by atoms with E-state index < -0.39 is 21.8 Å². The number of amides is 1. The predicted octanol–water partition coefficient (Wildman–Crippen LogP) is 2.31. The second kappa shape index (κ2) is 6.97. The molecule has 0 aliphatic heterocycles. The van der Waals surface area contributed by atoms with E-state index in [0.717, 1.165) is 0 Å². The van der Waals surface area contributed by atoms with Crippen molar-refractivity contribution in [3.63, 3.8) is 0 Å². The van der Waals surface area contributed by atoms with Gasteiger partial charge in [-0.05, 0) is 39.3 Å². The van der Waals surface area contributed by atoms with Gasteiger partial charge in [-0.25, -0.2) is 4.79 Å². The fourth-order valence-electron chi connectivity index (χ4n) is 1.91. The predicted molar refractivity (Wildman–Crippen MR) is 84.7 cm³/mol. The molecule has 1 aromatic rings. The van der Waals surface area contributed by atoms with Crippen LogP contribution in [0.2, 0.25) is 0 Å². The minimum atomic E-state index is -4.26. The standard InChI is InChI=1S/C14H23N3O4S/c1-5-10-17(14(2,3)4)13(18)21-22(19,20)12-9-7-6-8-11(12)16-15/h6-9,16H,5,10,15H2,1-4H3. The van der Waals surface area contributed by atoms with Crippen molar-refractivity contribution in [3.8, 4) is 0 Å². The van der Waals surface area contributed by atoms with Crippen LogP contribution in [0.25, 0.3) is 0 Å². The highest BCUT2D eigenvalue weighted by Crippen LogP contribution is 2.24. The summed E-state index contributed by atoms with van der Waals surface area (Å²) in [6.07, 6.45) is -0.214. The Kier molecular flexibility index (Phi) is 5.78. The molecule has 8 heteroatoms. The molecule has 0 aliphatic carbocycles. The van der Waals surface area contributed by atoms with Crippen molar-refractivity contribution in [2.45, 2.75) is 44.6 Å². The highest BCUT2D eigenvalue weighted by molar-refractivity contribution is 7.87. The van der Waals surface area contributed by atoms with Crippen molar-refractivity contribution in [1.82, 2.24) is 4.90 Å². The molecular weight excluding hydrogens is 306 g/mol. The minimum Gasteiger partial charge on any atom is -0.324 e. The lowest BCUT2D eigenvalue weighted by atomic mass is 10.1. The lowest BCUT2D eigenvalue weighted by molar-refractivity contribution is 0.109. The Morgan fingerprint density at radius 1 is 1.32 bits per heavy atom. The maximum absolute atomic E-state index is 12.3. The molecule has 0 fully saturated rings. The summed E-state index contributed by atoms with van der Waals surface area (Å²) in [7, 11) is -4.26. The number of benzene rings is 1. The first-order chi connectivity index (χ1) is 10.1. The van der Waals surface area contributed by atoms with Gasteiger partial charge in [-0.2, -0.15) is 8.42 Å². The number of nitrogens with two attached hydrogens (primary N) is 1. The zero-order valence-electron chi connectivity index (χ0n) is 13.3. The fourth-order valence-corrected chi connectivity index (χ4v) is 2.92. The Bertz CT molecular complexity index is 623. The molecule has 0 saturated carbocycles. The molecule has 22 heavy (non-hydrogen) atoms. The van der Waals surface area contributed by atoms with E-state index >= 15 is 0 Å². The van der Waals surface area contributed by atoms with Crippen LogP contribution in [0.3, 0.4) is 0 Å². The number of rotatable bonds is 5. The molecule has 0 atom stereocenters. The number of anilines is 1. The first-order valence-corrected chi connectivity index (χ1v) is 8.36.